The second-order valence-corrected chi connectivity index (χ2v) is 10.7. The Bertz CT molecular complexity index is 1440. The minimum absolute atomic E-state index is 0.0498. The first-order chi connectivity index (χ1) is 16.3. The molecule has 0 aliphatic carbocycles. The lowest BCUT2D eigenvalue weighted by Crippen LogP contribution is -2.41. The van der Waals surface area contributed by atoms with Gasteiger partial charge in [0.2, 0.25) is 11.2 Å². The second-order valence-electron chi connectivity index (χ2n) is 8.43. The first-order valence-corrected chi connectivity index (χ1v) is 12.6. The number of carbonyl (C=O) groups excluding carboxylic acids is 1. The number of fused-ring (bicyclic) bond motifs is 3. The number of rotatable bonds is 4. The topological polar surface area (TPSA) is 112 Å². The Morgan fingerprint density at radius 2 is 1.91 bits per heavy atom. The third kappa shape index (κ3) is 4.03. The second kappa shape index (κ2) is 8.44. The summed E-state index contributed by atoms with van der Waals surface area (Å²) in [4.78, 5) is 26.9. The van der Waals surface area contributed by atoms with Gasteiger partial charge in [0, 0.05) is 12.6 Å². The van der Waals surface area contributed by atoms with Crippen molar-refractivity contribution in [2.24, 2.45) is 0 Å². The van der Waals surface area contributed by atoms with E-state index in [1.165, 1.54) is 7.11 Å². The van der Waals surface area contributed by atoms with Crippen LogP contribution < -0.4 is 14.9 Å². The Labute approximate surface area is 195 Å². The molecule has 0 radical (unpaired) electrons. The molecule has 0 N–H and O–H groups in total. The van der Waals surface area contributed by atoms with Gasteiger partial charge in [-0.1, -0.05) is 0 Å². The standard InChI is InChI=1S/C24H23NO8S/c1-14-22(33-17-5-3-15(4-6-17)24(27)30-2)21(26)18-7-8-20-19(23(18)32-14)11-25(13-31-20)16-9-10-34(28,29)12-16/h3-8,16H,9-13H2,1-2H3. The molecule has 3 aromatic rings. The molecule has 9 nitrogen and oxygen atoms in total. The maximum Gasteiger partial charge on any atom is 0.337 e. The monoisotopic (exact) mass is 485 g/mol. The van der Waals surface area contributed by atoms with Crippen molar-refractivity contribution in [3.05, 3.63) is 63.5 Å². The van der Waals surface area contributed by atoms with Gasteiger partial charge in [0.1, 0.15) is 29.6 Å². The van der Waals surface area contributed by atoms with E-state index in [0.717, 1.165) is 0 Å². The minimum atomic E-state index is -3.04. The highest BCUT2D eigenvalue weighted by atomic mass is 32.2. The van der Waals surface area contributed by atoms with Gasteiger partial charge in [-0.15, -0.1) is 0 Å². The van der Waals surface area contributed by atoms with Crippen LogP contribution in [-0.2, 0) is 21.1 Å². The van der Waals surface area contributed by atoms with Crippen molar-refractivity contribution in [3.8, 4) is 17.2 Å². The van der Waals surface area contributed by atoms with Crippen LogP contribution in [0.15, 0.2) is 45.6 Å². The van der Waals surface area contributed by atoms with Gasteiger partial charge in [-0.25, -0.2) is 13.2 Å². The molecule has 1 atom stereocenters. The van der Waals surface area contributed by atoms with Crippen molar-refractivity contribution in [2.45, 2.75) is 25.9 Å². The number of ether oxygens (including phenoxy) is 3. The van der Waals surface area contributed by atoms with Gasteiger partial charge in [0.05, 0.1) is 35.1 Å². The lowest BCUT2D eigenvalue weighted by molar-refractivity contribution is 0.0600. The molecule has 178 valence electrons. The molecule has 3 heterocycles. The average molecular weight is 486 g/mol. The van der Waals surface area contributed by atoms with Gasteiger partial charge in [0.15, 0.2) is 9.84 Å². The van der Waals surface area contributed by atoms with Crippen molar-refractivity contribution in [1.29, 1.82) is 0 Å². The fourth-order valence-electron chi connectivity index (χ4n) is 4.38. The Morgan fingerprint density at radius 1 is 1.15 bits per heavy atom. The van der Waals surface area contributed by atoms with E-state index in [1.807, 2.05) is 4.90 Å². The minimum Gasteiger partial charge on any atom is -0.478 e. The summed E-state index contributed by atoms with van der Waals surface area (Å²) >= 11 is 0. The summed E-state index contributed by atoms with van der Waals surface area (Å²) in [5.74, 6) is 1.14. The molecule has 2 aliphatic heterocycles. The molecule has 1 fully saturated rings. The summed E-state index contributed by atoms with van der Waals surface area (Å²) < 4.78 is 46.3. The van der Waals surface area contributed by atoms with Crippen LogP contribution in [0.4, 0.5) is 0 Å². The summed E-state index contributed by atoms with van der Waals surface area (Å²) in [5, 5.41) is 0.343. The highest BCUT2D eigenvalue weighted by Gasteiger charge is 2.35. The van der Waals surface area contributed by atoms with E-state index in [0.29, 0.717) is 52.3 Å². The summed E-state index contributed by atoms with van der Waals surface area (Å²) in [6.07, 6.45) is 0.557. The number of hydrogen-bond donors (Lipinski definition) is 0. The van der Waals surface area contributed by atoms with Crippen molar-refractivity contribution >= 4 is 26.8 Å². The van der Waals surface area contributed by atoms with Crippen LogP contribution in [0.2, 0.25) is 0 Å². The molecule has 0 bridgehead atoms. The lowest BCUT2D eigenvalue weighted by atomic mass is 10.1. The van der Waals surface area contributed by atoms with E-state index in [4.69, 9.17) is 13.9 Å². The summed E-state index contributed by atoms with van der Waals surface area (Å²) in [5.41, 5.74) is 1.14. The van der Waals surface area contributed by atoms with Crippen molar-refractivity contribution in [3.63, 3.8) is 0 Å². The Kier molecular flexibility index (Phi) is 5.57. The van der Waals surface area contributed by atoms with Crippen molar-refractivity contribution < 1.29 is 31.8 Å². The van der Waals surface area contributed by atoms with Gasteiger partial charge in [-0.05, 0) is 49.7 Å². The zero-order valence-electron chi connectivity index (χ0n) is 18.7. The smallest absolute Gasteiger partial charge is 0.337 e. The van der Waals surface area contributed by atoms with E-state index >= 15 is 0 Å². The van der Waals surface area contributed by atoms with E-state index in [1.54, 1.807) is 43.3 Å². The Balaban J connectivity index is 1.47. The molecule has 34 heavy (non-hydrogen) atoms. The predicted molar refractivity (Wildman–Crippen MR) is 123 cm³/mol. The van der Waals surface area contributed by atoms with E-state index in [-0.39, 0.29) is 35.5 Å². The summed E-state index contributed by atoms with van der Waals surface area (Å²) in [6.45, 7) is 2.35. The van der Waals surface area contributed by atoms with E-state index in [2.05, 4.69) is 4.74 Å². The molecule has 0 spiro atoms. The highest BCUT2D eigenvalue weighted by Crippen LogP contribution is 2.35. The fourth-order valence-corrected chi connectivity index (χ4v) is 6.15. The molecule has 2 aromatic carbocycles. The summed E-state index contributed by atoms with van der Waals surface area (Å²) in [6, 6.07) is 9.48. The number of sulfone groups is 1. The fraction of sp³-hybridized carbons (Fsp3) is 0.333. The number of benzene rings is 2. The first kappa shape index (κ1) is 22.4. The SMILES string of the molecule is COC(=O)c1ccc(Oc2c(C)oc3c4c(ccc3c2=O)OCN(C2CCS(=O)(=O)C2)C4)cc1. The third-order valence-electron chi connectivity index (χ3n) is 6.21. The van der Waals surface area contributed by atoms with Crippen LogP contribution in [0.5, 0.6) is 17.2 Å². The number of carbonyl (C=O) groups is 1. The normalized spacial score (nSPS) is 19.4. The van der Waals surface area contributed by atoms with Gasteiger partial charge in [-0.2, -0.15) is 0 Å². The maximum atomic E-state index is 13.3. The highest BCUT2D eigenvalue weighted by molar-refractivity contribution is 7.91. The molecule has 0 amide bonds. The van der Waals surface area contributed by atoms with Crippen LogP contribution >= 0.6 is 0 Å². The van der Waals surface area contributed by atoms with E-state index in [9.17, 15) is 18.0 Å². The third-order valence-corrected chi connectivity index (χ3v) is 7.96. The largest absolute Gasteiger partial charge is 0.478 e. The van der Waals surface area contributed by atoms with Crippen molar-refractivity contribution in [2.75, 3.05) is 25.3 Å². The van der Waals surface area contributed by atoms with Crippen molar-refractivity contribution in [1.82, 2.24) is 4.90 Å². The molecule has 1 saturated heterocycles. The lowest BCUT2D eigenvalue weighted by Gasteiger charge is -2.33. The predicted octanol–water partition coefficient (Wildman–Crippen LogP) is 3.02. The van der Waals surface area contributed by atoms with Gasteiger partial charge in [0.25, 0.3) is 0 Å². The van der Waals surface area contributed by atoms with Crippen LogP contribution in [-0.4, -0.2) is 50.7 Å². The van der Waals surface area contributed by atoms with Gasteiger partial charge >= 0.3 is 5.97 Å². The number of aryl methyl sites for hydroxylation is 1. The maximum absolute atomic E-state index is 13.3. The van der Waals surface area contributed by atoms with Crippen LogP contribution in [0.3, 0.4) is 0 Å². The zero-order valence-corrected chi connectivity index (χ0v) is 19.5. The van der Waals surface area contributed by atoms with Crippen LogP contribution in [0, 0.1) is 6.92 Å². The average Bonchev–Trinajstić information content (AvgIpc) is 3.20. The molecular weight excluding hydrogens is 462 g/mol. The Hall–Kier alpha value is -3.37. The first-order valence-electron chi connectivity index (χ1n) is 10.8. The molecule has 10 heteroatoms. The van der Waals surface area contributed by atoms with E-state index < -0.39 is 15.8 Å². The number of hydrogen-bond acceptors (Lipinski definition) is 9. The molecule has 5 rings (SSSR count). The molecule has 1 unspecified atom stereocenters. The van der Waals surface area contributed by atoms with Gasteiger partial charge < -0.3 is 18.6 Å². The molecule has 0 saturated carbocycles. The molecular formula is C24H23NO8S. The number of nitrogens with zero attached hydrogens (tertiary/aromatic N) is 1. The Morgan fingerprint density at radius 3 is 2.59 bits per heavy atom. The quantitative estimate of drug-likeness (QED) is 0.515. The summed E-state index contributed by atoms with van der Waals surface area (Å²) in [7, 11) is -1.73. The van der Waals surface area contributed by atoms with Crippen LogP contribution in [0.1, 0.15) is 28.1 Å². The zero-order chi connectivity index (χ0) is 24.0. The van der Waals surface area contributed by atoms with Crippen LogP contribution in [0.25, 0.3) is 11.0 Å². The molecule has 1 aromatic heterocycles. The molecule has 2 aliphatic rings. The van der Waals surface area contributed by atoms with Gasteiger partial charge in [-0.3, -0.25) is 9.69 Å². The number of methoxy groups -OCH3 is 1. The number of esters is 1.